The highest BCUT2D eigenvalue weighted by molar-refractivity contribution is 5.65. The number of aryl methyl sites for hydroxylation is 2. The molecular weight excluding hydrogens is 410 g/mol. The minimum Gasteiger partial charge on any atom is -0.439 e. The lowest BCUT2D eigenvalue weighted by Gasteiger charge is -2.27. The van der Waals surface area contributed by atoms with Crippen LogP contribution in [0.3, 0.4) is 0 Å². The van der Waals surface area contributed by atoms with Gasteiger partial charge in [0.1, 0.15) is 11.4 Å². The molecule has 0 bridgehead atoms. The fraction of sp³-hybridized carbons (Fsp3) is 0.393. The molecular formula is C28H37N3O2. The van der Waals surface area contributed by atoms with Crippen LogP contribution in [0.2, 0.25) is 0 Å². The summed E-state index contributed by atoms with van der Waals surface area (Å²) in [5.74, 6) is 1.98. The second kappa shape index (κ2) is 11.8. The van der Waals surface area contributed by atoms with Gasteiger partial charge in [-0.25, -0.2) is 4.68 Å². The minimum absolute atomic E-state index is 0.403. The van der Waals surface area contributed by atoms with E-state index in [1.165, 1.54) is 5.56 Å². The second-order valence-corrected chi connectivity index (χ2v) is 9.14. The Bertz CT molecular complexity index is 1010. The van der Waals surface area contributed by atoms with Crippen molar-refractivity contribution in [3.05, 3.63) is 78.4 Å². The van der Waals surface area contributed by atoms with E-state index < -0.39 is 6.10 Å². The molecule has 0 aliphatic carbocycles. The van der Waals surface area contributed by atoms with Crippen LogP contribution in [0.1, 0.15) is 37.8 Å². The molecule has 5 heteroatoms. The average Bonchev–Trinajstić information content (AvgIpc) is 3.09. The van der Waals surface area contributed by atoms with Gasteiger partial charge in [-0.2, -0.15) is 5.10 Å². The Labute approximate surface area is 198 Å². The third kappa shape index (κ3) is 7.04. The fourth-order valence-corrected chi connectivity index (χ4v) is 4.01. The maximum absolute atomic E-state index is 10.6. The molecule has 0 unspecified atom stereocenters. The first kappa shape index (κ1) is 24.7. The van der Waals surface area contributed by atoms with E-state index in [1.54, 1.807) is 0 Å². The molecule has 1 N–H and O–H groups in total. The number of hydrogen-bond donors (Lipinski definition) is 1. The van der Waals surface area contributed by atoms with Crippen molar-refractivity contribution in [3.8, 4) is 22.9 Å². The van der Waals surface area contributed by atoms with Crippen LogP contribution < -0.4 is 4.74 Å². The molecule has 0 aliphatic heterocycles. The Hall–Kier alpha value is -2.89. The number of allylic oxidation sites excluding steroid dienone is 1. The Morgan fingerprint density at radius 2 is 1.79 bits per heavy atom. The summed E-state index contributed by atoms with van der Waals surface area (Å²) in [6.45, 7) is 12.4. The van der Waals surface area contributed by atoms with Gasteiger partial charge < -0.3 is 9.84 Å². The molecule has 0 radical (unpaired) electrons. The van der Waals surface area contributed by atoms with Gasteiger partial charge in [0, 0.05) is 32.2 Å². The summed E-state index contributed by atoms with van der Waals surface area (Å²) in [6.07, 6.45) is 2.97. The molecule has 2 aromatic carbocycles. The van der Waals surface area contributed by atoms with Gasteiger partial charge in [-0.1, -0.05) is 68.0 Å². The minimum atomic E-state index is -0.403. The van der Waals surface area contributed by atoms with Crippen LogP contribution in [0, 0.1) is 12.8 Å². The maximum Gasteiger partial charge on any atom is 0.222 e. The van der Waals surface area contributed by atoms with Crippen molar-refractivity contribution in [2.24, 2.45) is 13.0 Å². The predicted octanol–water partition coefficient (Wildman–Crippen LogP) is 5.97. The number of ether oxygens (including phenoxy) is 1. The first-order chi connectivity index (χ1) is 15.9. The summed E-state index contributed by atoms with van der Waals surface area (Å²) in [7, 11) is 1.92. The zero-order valence-corrected chi connectivity index (χ0v) is 20.4. The van der Waals surface area contributed by atoms with E-state index in [2.05, 4.69) is 44.4 Å². The average molecular weight is 448 g/mol. The van der Waals surface area contributed by atoms with Gasteiger partial charge in [0.15, 0.2) is 0 Å². The lowest BCUT2D eigenvalue weighted by molar-refractivity contribution is 0.0953. The quantitative estimate of drug-likeness (QED) is 0.347. The van der Waals surface area contributed by atoms with Gasteiger partial charge in [0.2, 0.25) is 5.88 Å². The van der Waals surface area contributed by atoms with Crippen molar-refractivity contribution in [1.29, 1.82) is 0 Å². The zero-order valence-electron chi connectivity index (χ0n) is 20.4. The molecule has 1 atom stereocenters. The molecule has 0 aliphatic rings. The Morgan fingerprint density at radius 1 is 1.09 bits per heavy atom. The largest absolute Gasteiger partial charge is 0.439 e. The van der Waals surface area contributed by atoms with Gasteiger partial charge >= 0.3 is 0 Å². The lowest BCUT2D eigenvalue weighted by Crippen LogP contribution is -2.35. The molecule has 1 heterocycles. The molecule has 0 amide bonds. The highest BCUT2D eigenvalue weighted by atomic mass is 16.5. The van der Waals surface area contributed by atoms with Crippen molar-refractivity contribution < 1.29 is 9.84 Å². The van der Waals surface area contributed by atoms with Crippen molar-refractivity contribution in [1.82, 2.24) is 14.7 Å². The van der Waals surface area contributed by atoms with Crippen molar-refractivity contribution >= 4 is 0 Å². The molecule has 33 heavy (non-hydrogen) atoms. The van der Waals surface area contributed by atoms with Crippen LogP contribution in [-0.2, 0) is 13.6 Å². The monoisotopic (exact) mass is 447 g/mol. The Morgan fingerprint density at radius 3 is 2.42 bits per heavy atom. The number of aromatic nitrogens is 2. The molecule has 0 saturated carbocycles. The Balaban J connectivity index is 1.97. The van der Waals surface area contributed by atoms with Gasteiger partial charge in [-0.3, -0.25) is 4.90 Å². The standard InChI is InChI=1S/C28H37N3O2/c1-6-7-13-24(32)19-31(18-21(2)3)20-26-27(23-11-9-8-10-12-23)29-30(5)28(26)33-25-16-14-22(4)15-17-25/h6,8-12,14-17,21,24,32H,1,7,13,18-20H2,2-5H3/t24-/m1/s1. The van der Waals surface area contributed by atoms with Crippen LogP contribution >= 0.6 is 0 Å². The zero-order chi connectivity index (χ0) is 23.8. The second-order valence-electron chi connectivity index (χ2n) is 9.14. The van der Waals surface area contributed by atoms with Gasteiger partial charge in [-0.15, -0.1) is 6.58 Å². The summed E-state index contributed by atoms with van der Waals surface area (Å²) in [6, 6.07) is 18.3. The first-order valence-electron chi connectivity index (χ1n) is 11.7. The van der Waals surface area contributed by atoms with E-state index in [0.29, 0.717) is 25.4 Å². The highest BCUT2D eigenvalue weighted by Crippen LogP contribution is 2.34. The summed E-state index contributed by atoms with van der Waals surface area (Å²) >= 11 is 0. The molecule has 3 rings (SSSR count). The van der Waals surface area contributed by atoms with Gasteiger partial charge in [0.05, 0.1) is 11.7 Å². The smallest absolute Gasteiger partial charge is 0.222 e. The number of aliphatic hydroxyl groups excluding tert-OH is 1. The number of hydrogen-bond acceptors (Lipinski definition) is 4. The van der Waals surface area contributed by atoms with Crippen LogP contribution in [-0.4, -0.2) is 39.0 Å². The van der Waals surface area contributed by atoms with Crippen LogP contribution in [0.25, 0.3) is 11.3 Å². The fourth-order valence-electron chi connectivity index (χ4n) is 4.01. The number of benzene rings is 2. The third-order valence-electron chi connectivity index (χ3n) is 5.55. The normalized spacial score (nSPS) is 12.3. The van der Waals surface area contributed by atoms with E-state index in [1.807, 2.05) is 60.3 Å². The van der Waals surface area contributed by atoms with Gasteiger partial charge in [0.25, 0.3) is 0 Å². The first-order valence-corrected chi connectivity index (χ1v) is 11.7. The topological polar surface area (TPSA) is 50.5 Å². The number of rotatable bonds is 12. The maximum atomic E-state index is 10.6. The highest BCUT2D eigenvalue weighted by Gasteiger charge is 2.23. The molecule has 5 nitrogen and oxygen atoms in total. The lowest BCUT2D eigenvalue weighted by atomic mass is 10.1. The molecule has 0 spiro atoms. The molecule has 0 fully saturated rings. The van der Waals surface area contributed by atoms with Gasteiger partial charge in [-0.05, 0) is 37.8 Å². The molecule has 176 valence electrons. The van der Waals surface area contributed by atoms with E-state index in [4.69, 9.17) is 9.84 Å². The summed E-state index contributed by atoms with van der Waals surface area (Å²) in [5, 5.41) is 15.5. The summed E-state index contributed by atoms with van der Waals surface area (Å²) < 4.78 is 8.19. The van der Waals surface area contributed by atoms with E-state index in [9.17, 15) is 5.11 Å². The molecule has 0 saturated heterocycles. The van der Waals surface area contributed by atoms with Crippen molar-refractivity contribution in [2.75, 3.05) is 13.1 Å². The SMILES string of the molecule is C=CCC[C@@H](O)CN(Cc1c(-c2ccccc2)nn(C)c1Oc1ccc(C)cc1)CC(C)C. The number of aliphatic hydroxyl groups is 1. The van der Waals surface area contributed by atoms with E-state index in [-0.39, 0.29) is 0 Å². The predicted molar refractivity (Wildman–Crippen MR) is 135 cm³/mol. The number of nitrogens with zero attached hydrogens (tertiary/aromatic N) is 3. The van der Waals surface area contributed by atoms with Crippen LogP contribution in [0.15, 0.2) is 67.3 Å². The van der Waals surface area contributed by atoms with E-state index in [0.717, 1.165) is 41.4 Å². The van der Waals surface area contributed by atoms with Crippen LogP contribution in [0.4, 0.5) is 0 Å². The summed E-state index contributed by atoms with van der Waals surface area (Å²) in [5.41, 5.74) is 4.18. The van der Waals surface area contributed by atoms with Crippen molar-refractivity contribution in [2.45, 2.75) is 46.3 Å². The molecule has 3 aromatic rings. The van der Waals surface area contributed by atoms with E-state index >= 15 is 0 Å². The van der Waals surface area contributed by atoms with Crippen LogP contribution in [0.5, 0.6) is 11.6 Å². The Kier molecular flexibility index (Phi) is 8.87. The third-order valence-corrected chi connectivity index (χ3v) is 5.55. The molecule has 1 aromatic heterocycles. The van der Waals surface area contributed by atoms with Crippen molar-refractivity contribution in [3.63, 3.8) is 0 Å². The summed E-state index contributed by atoms with van der Waals surface area (Å²) in [4.78, 5) is 2.31.